The van der Waals surface area contributed by atoms with Crippen LogP contribution in [0.15, 0.2) is 24.3 Å². The van der Waals surface area contributed by atoms with Gasteiger partial charge in [0, 0.05) is 13.1 Å². The maximum absolute atomic E-state index is 13.3. The normalized spacial score (nSPS) is 11.6. The molecule has 0 radical (unpaired) electrons. The fourth-order valence-electron chi connectivity index (χ4n) is 3.21. The van der Waals surface area contributed by atoms with E-state index in [9.17, 15) is 18.0 Å². The molecule has 1 amide bonds. The molecule has 0 aliphatic heterocycles. The van der Waals surface area contributed by atoms with Gasteiger partial charge in [-0.3, -0.25) is 4.79 Å². The van der Waals surface area contributed by atoms with Crippen LogP contribution in [0, 0.1) is 0 Å². The van der Waals surface area contributed by atoms with Crippen molar-refractivity contribution in [2.75, 3.05) is 13.1 Å². The second kappa shape index (κ2) is 12.8. The Morgan fingerprint density at radius 1 is 0.815 bits per heavy atom. The number of carbonyl (C=O) groups is 1. The van der Waals surface area contributed by atoms with Crippen molar-refractivity contribution < 1.29 is 18.0 Å². The largest absolute Gasteiger partial charge is 0.417 e. The Labute approximate surface area is 162 Å². The quantitative estimate of drug-likeness (QED) is 0.332. The van der Waals surface area contributed by atoms with E-state index in [2.05, 4.69) is 13.8 Å². The van der Waals surface area contributed by atoms with Crippen LogP contribution >= 0.6 is 0 Å². The summed E-state index contributed by atoms with van der Waals surface area (Å²) in [5, 5.41) is 0. The third-order valence-corrected chi connectivity index (χ3v) is 4.81. The van der Waals surface area contributed by atoms with E-state index < -0.39 is 17.6 Å². The summed E-state index contributed by atoms with van der Waals surface area (Å²) in [6.07, 6.45) is 5.98. The molecule has 0 bridgehead atoms. The Balaban J connectivity index is 2.79. The predicted octanol–water partition coefficient (Wildman–Crippen LogP) is 7.09. The number of nitrogens with zero attached hydrogens (tertiary/aromatic N) is 1. The first-order chi connectivity index (χ1) is 12.9. The molecular formula is C22H34F3NO. The van der Waals surface area contributed by atoms with Crippen LogP contribution in [0.2, 0.25) is 0 Å². The molecule has 5 heteroatoms. The molecule has 0 aromatic heterocycles. The van der Waals surface area contributed by atoms with Gasteiger partial charge in [0.1, 0.15) is 0 Å². The van der Waals surface area contributed by atoms with Crippen LogP contribution in [0.25, 0.3) is 0 Å². The van der Waals surface area contributed by atoms with Crippen LogP contribution in [0.1, 0.15) is 94.0 Å². The van der Waals surface area contributed by atoms with Crippen LogP contribution < -0.4 is 0 Å². The zero-order chi connectivity index (χ0) is 20.1. The third-order valence-electron chi connectivity index (χ3n) is 4.81. The van der Waals surface area contributed by atoms with Gasteiger partial charge in [0.05, 0.1) is 11.1 Å². The summed E-state index contributed by atoms with van der Waals surface area (Å²) in [4.78, 5) is 14.5. The summed E-state index contributed by atoms with van der Waals surface area (Å²) in [5.74, 6) is -0.492. The maximum Gasteiger partial charge on any atom is 0.417 e. The Bertz CT molecular complexity index is 529. The minimum atomic E-state index is -4.51. The van der Waals surface area contributed by atoms with E-state index in [1.807, 2.05) is 0 Å². The monoisotopic (exact) mass is 385 g/mol. The van der Waals surface area contributed by atoms with Gasteiger partial charge in [0.2, 0.25) is 0 Å². The first kappa shape index (κ1) is 23.5. The number of carbonyl (C=O) groups excluding carboxylic acids is 1. The van der Waals surface area contributed by atoms with Gasteiger partial charge in [-0.1, -0.05) is 77.3 Å². The highest BCUT2D eigenvalue weighted by atomic mass is 19.4. The number of hydrogen-bond acceptors (Lipinski definition) is 1. The van der Waals surface area contributed by atoms with Crippen molar-refractivity contribution in [1.82, 2.24) is 4.90 Å². The van der Waals surface area contributed by atoms with Crippen molar-refractivity contribution >= 4 is 5.91 Å². The topological polar surface area (TPSA) is 20.3 Å². The number of alkyl halides is 3. The van der Waals surface area contributed by atoms with Crippen LogP contribution in [-0.2, 0) is 6.18 Å². The van der Waals surface area contributed by atoms with Crippen LogP contribution in [0.5, 0.6) is 0 Å². The molecule has 0 unspecified atom stereocenters. The molecule has 0 aliphatic carbocycles. The molecule has 2 nitrogen and oxygen atoms in total. The number of hydrogen-bond donors (Lipinski definition) is 0. The average molecular weight is 386 g/mol. The van der Waals surface area contributed by atoms with Gasteiger partial charge in [-0.2, -0.15) is 13.2 Å². The van der Waals surface area contributed by atoms with E-state index in [1.54, 1.807) is 4.90 Å². The highest BCUT2D eigenvalue weighted by Gasteiger charge is 2.35. The highest BCUT2D eigenvalue weighted by molar-refractivity contribution is 5.95. The summed E-state index contributed by atoms with van der Waals surface area (Å²) >= 11 is 0. The van der Waals surface area contributed by atoms with Gasteiger partial charge < -0.3 is 4.90 Å². The van der Waals surface area contributed by atoms with Crippen molar-refractivity contribution in [3.05, 3.63) is 35.4 Å². The molecular weight excluding hydrogens is 351 g/mol. The Hall–Kier alpha value is -1.52. The SMILES string of the molecule is CCCCCCCN(CCCCCCC)C(=O)c1ccccc1C(F)(F)F. The standard InChI is InChI=1S/C22H34F3NO/c1-3-5-7-9-13-17-26(18-14-10-8-6-4-2)21(27)19-15-11-12-16-20(19)22(23,24)25/h11-12,15-16H,3-10,13-14,17-18H2,1-2H3. The lowest BCUT2D eigenvalue weighted by molar-refractivity contribution is -0.138. The second-order valence-corrected chi connectivity index (χ2v) is 7.16. The van der Waals surface area contributed by atoms with Crippen LogP contribution in [0.4, 0.5) is 13.2 Å². The summed E-state index contributed by atoms with van der Waals surface area (Å²) < 4.78 is 39.9. The van der Waals surface area contributed by atoms with Crippen molar-refractivity contribution in [1.29, 1.82) is 0 Å². The van der Waals surface area contributed by atoms with Gasteiger partial charge >= 0.3 is 6.18 Å². The number of unbranched alkanes of at least 4 members (excludes halogenated alkanes) is 8. The van der Waals surface area contributed by atoms with Crippen molar-refractivity contribution in [3.8, 4) is 0 Å². The van der Waals surface area contributed by atoms with Gasteiger partial charge in [-0.05, 0) is 25.0 Å². The molecule has 0 spiro atoms. The van der Waals surface area contributed by atoms with E-state index in [-0.39, 0.29) is 5.56 Å². The molecule has 1 aromatic rings. The molecule has 154 valence electrons. The molecule has 0 heterocycles. The van der Waals surface area contributed by atoms with Crippen molar-refractivity contribution in [3.63, 3.8) is 0 Å². The van der Waals surface area contributed by atoms with E-state index >= 15 is 0 Å². The number of halogens is 3. The van der Waals surface area contributed by atoms with Gasteiger partial charge in [0.15, 0.2) is 0 Å². The molecule has 0 aliphatic rings. The van der Waals surface area contributed by atoms with Crippen molar-refractivity contribution in [2.24, 2.45) is 0 Å². The molecule has 1 rings (SSSR count). The molecule has 0 N–H and O–H groups in total. The smallest absolute Gasteiger partial charge is 0.339 e. The number of benzene rings is 1. The summed E-state index contributed by atoms with van der Waals surface area (Å²) in [7, 11) is 0. The third kappa shape index (κ3) is 8.81. The fourth-order valence-corrected chi connectivity index (χ4v) is 3.21. The summed E-state index contributed by atoms with van der Waals surface area (Å²) in [6, 6.07) is 5.13. The molecule has 0 fully saturated rings. The Morgan fingerprint density at radius 3 is 1.78 bits per heavy atom. The minimum absolute atomic E-state index is 0.230. The maximum atomic E-state index is 13.3. The van der Waals surface area contributed by atoms with Gasteiger partial charge in [-0.25, -0.2) is 0 Å². The zero-order valence-electron chi connectivity index (χ0n) is 16.8. The first-order valence-electron chi connectivity index (χ1n) is 10.4. The molecule has 0 atom stereocenters. The summed E-state index contributed by atoms with van der Waals surface area (Å²) in [6.45, 7) is 5.34. The first-order valence-corrected chi connectivity index (χ1v) is 10.4. The highest BCUT2D eigenvalue weighted by Crippen LogP contribution is 2.32. The fraction of sp³-hybridized carbons (Fsp3) is 0.682. The van der Waals surface area contributed by atoms with E-state index in [1.165, 1.54) is 18.2 Å². The second-order valence-electron chi connectivity index (χ2n) is 7.16. The van der Waals surface area contributed by atoms with Crippen molar-refractivity contribution in [2.45, 2.75) is 84.2 Å². The lowest BCUT2D eigenvalue weighted by Gasteiger charge is -2.24. The predicted molar refractivity (Wildman–Crippen MR) is 105 cm³/mol. The molecule has 1 aromatic carbocycles. The zero-order valence-corrected chi connectivity index (χ0v) is 16.8. The lowest BCUT2D eigenvalue weighted by atomic mass is 10.0. The van der Waals surface area contributed by atoms with Gasteiger partial charge in [-0.15, -0.1) is 0 Å². The Morgan fingerprint density at radius 2 is 1.30 bits per heavy atom. The number of rotatable bonds is 13. The minimum Gasteiger partial charge on any atom is -0.339 e. The lowest BCUT2D eigenvalue weighted by Crippen LogP contribution is -2.34. The Kier molecular flexibility index (Phi) is 11.1. The average Bonchev–Trinajstić information content (AvgIpc) is 2.65. The van der Waals surface area contributed by atoms with E-state index in [0.717, 1.165) is 70.3 Å². The molecule has 27 heavy (non-hydrogen) atoms. The summed E-state index contributed by atoms with van der Waals surface area (Å²) in [5.41, 5.74) is -1.07. The van der Waals surface area contributed by atoms with E-state index in [4.69, 9.17) is 0 Å². The molecule has 0 saturated carbocycles. The van der Waals surface area contributed by atoms with Crippen LogP contribution in [0.3, 0.4) is 0 Å². The van der Waals surface area contributed by atoms with Crippen LogP contribution in [-0.4, -0.2) is 23.9 Å². The van der Waals surface area contributed by atoms with E-state index in [0.29, 0.717) is 13.1 Å². The number of amides is 1. The molecule has 0 saturated heterocycles. The van der Waals surface area contributed by atoms with Gasteiger partial charge in [0.25, 0.3) is 5.91 Å².